The molecule has 0 N–H and O–H groups in total. The molecule has 0 radical (unpaired) electrons. The molecule has 44 heavy (non-hydrogen) atoms. The van der Waals surface area contributed by atoms with Gasteiger partial charge in [-0.05, 0) is 84.5 Å². The van der Waals surface area contributed by atoms with Crippen LogP contribution in [0.15, 0.2) is 154 Å². The molecule has 0 bridgehead atoms. The lowest BCUT2D eigenvalue weighted by Gasteiger charge is -2.17. The highest BCUT2D eigenvalue weighted by molar-refractivity contribution is 6.24. The molecule has 2 heteroatoms. The molecule has 0 amide bonds. The fourth-order valence-electron chi connectivity index (χ4n) is 7.31. The number of hydrogen-bond acceptors (Lipinski definition) is 2. The van der Waals surface area contributed by atoms with Gasteiger partial charge in [0.1, 0.15) is 22.5 Å². The highest BCUT2D eigenvalue weighted by atomic mass is 16.3. The van der Waals surface area contributed by atoms with Crippen LogP contribution in [0.4, 0.5) is 0 Å². The fourth-order valence-corrected chi connectivity index (χ4v) is 7.31. The molecule has 204 valence electrons. The number of fused-ring (bicyclic) bond motifs is 9. The number of furan rings is 2. The second kappa shape index (κ2) is 8.82. The minimum atomic E-state index is 0.889. The third kappa shape index (κ3) is 3.25. The van der Waals surface area contributed by atoms with Crippen LogP contribution < -0.4 is 0 Å². The first-order valence-corrected chi connectivity index (χ1v) is 15.0. The summed E-state index contributed by atoms with van der Waals surface area (Å²) in [6, 6.07) is 51.9. The van der Waals surface area contributed by atoms with Crippen molar-refractivity contribution < 1.29 is 8.83 Å². The summed E-state index contributed by atoms with van der Waals surface area (Å²) in [6.07, 6.45) is 0. The lowest BCUT2D eigenvalue weighted by atomic mass is 9.86. The van der Waals surface area contributed by atoms with Crippen molar-refractivity contribution in [3.63, 3.8) is 0 Å². The van der Waals surface area contributed by atoms with Crippen molar-refractivity contribution in [2.75, 3.05) is 0 Å². The summed E-state index contributed by atoms with van der Waals surface area (Å²) >= 11 is 0. The van der Waals surface area contributed by atoms with Crippen molar-refractivity contribution in [3.8, 4) is 22.5 Å². The third-order valence-corrected chi connectivity index (χ3v) is 9.25. The van der Waals surface area contributed by atoms with Crippen LogP contribution in [0.1, 0.15) is 0 Å². The van der Waals surface area contributed by atoms with Crippen molar-refractivity contribution >= 4 is 76.0 Å². The van der Waals surface area contributed by atoms with Gasteiger partial charge in [0.25, 0.3) is 0 Å². The predicted molar refractivity (Wildman–Crippen MR) is 184 cm³/mol. The third-order valence-electron chi connectivity index (χ3n) is 9.25. The molecule has 10 aromatic rings. The molecule has 0 spiro atoms. The van der Waals surface area contributed by atoms with Crippen LogP contribution in [-0.2, 0) is 0 Å². The second-order valence-corrected chi connectivity index (χ2v) is 11.6. The van der Waals surface area contributed by atoms with Crippen molar-refractivity contribution in [3.05, 3.63) is 146 Å². The topological polar surface area (TPSA) is 26.3 Å². The first-order chi connectivity index (χ1) is 21.8. The van der Waals surface area contributed by atoms with Gasteiger partial charge in [0.2, 0.25) is 0 Å². The van der Waals surface area contributed by atoms with Gasteiger partial charge in [-0.3, -0.25) is 0 Å². The molecule has 10 rings (SSSR count). The minimum Gasteiger partial charge on any atom is -0.456 e. The van der Waals surface area contributed by atoms with Gasteiger partial charge >= 0.3 is 0 Å². The molecule has 0 fully saturated rings. The molecular weight excluding hydrogens is 536 g/mol. The summed E-state index contributed by atoms with van der Waals surface area (Å²) in [5, 5.41) is 13.0. The van der Waals surface area contributed by atoms with Crippen molar-refractivity contribution in [2.24, 2.45) is 0 Å². The molecule has 0 atom stereocenters. The van der Waals surface area contributed by atoms with Crippen LogP contribution in [0.25, 0.3) is 98.4 Å². The first kappa shape index (κ1) is 23.7. The van der Waals surface area contributed by atoms with Gasteiger partial charge in [0.05, 0.1) is 0 Å². The summed E-state index contributed by atoms with van der Waals surface area (Å²) in [6.45, 7) is 0. The molecule has 0 aliphatic carbocycles. The predicted octanol–water partition coefficient (Wildman–Crippen LogP) is 12.3. The normalized spacial score (nSPS) is 12.1. The number of hydrogen-bond donors (Lipinski definition) is 0. The Kier molecular flexibility index (Phi) is 4.75. The zero-order chi connectivity index (χ0) is 28.8. The van der Waals surface area contributed by atoms with Crippen molar-refractivity contribution in [2.45, 2.75) is 0 Å². The van der Waals surface area contributed by atoms with Gasteiger partial charge in [-0.1, -0.05) is 115 Å². The van der Waals surface area contributed by atoms with E-state index in [0.29, 0.717) is 0 Å². The van der Waals surface area contributed by atoms with Crippen LogP contribution in [0.3, 0.4) is 0 Å². The van der Waals surface area contributed by atoms with E-state index >= 15 is 0 Å². The first-order valence-electron chi connectivity index (χ1n) is 15.0. The van der Waals surface area contributed by atoms with E-state index in [9.17, 15) is 0 Å². The maximum Gasteiger partial charge on any atom is 0.136 e. The number of benzene rings is 8. The van der Waals surface area contributed by atoms with Gasteiger partial charge in [0, 0.05) is 21.7 Å². The summed E-state index contributed by atoms with van der Waals surface area (Å²) < 4.78 is 12.9. The minimum absolute atomic E-state index is 0.889. The zero-order valence-electron chi connectivity index (χ0n) is 23.7. The molecule has 2 aromatic heterocycles. The van der Waals surface area contributed by atoms with Crippen LogP contribution in [0, 0.1) is 0 Å². The Morgan fingerprint density at radius 2 is 0.886 bits per heavy atom. The monoisotopic (exact) mass is 560 g/mol. The van der Waals surface area contributed by atoms with E-state index in [2.05, 4.69) is 133 Å². The van der Waals surface area contributed by atoms with Crippen LogP contribution in [0.5, 0.6) is 0 Å². The van der Waals surface area contributed by atoms with Crippen LogP contribution in [0.2, 0.25) is 0 Å². The highest BCUT2D eigenvalue weighted by Gasteiger charge is 2.21. The van der Waals surface area contributed by atoms with Crippen molar-refractivity contribution in [1.29, 1.82) is 0 Å². The van der Waals surface area contributed by atoms with Crippen LogP contribution >= 0.6 is 0 Å². The molecule has 2 nitrogen and oxygen atoms in total. The fraction of sp³-hybridized carbons (Fsp3) is 0. The Bertz CT molecular complexity index is 2720. The Labute approximate surface area is 252 Å². The van der Waals surface area contributed by atoms with Crippen molar-refractivity contribution in [1.82, 2.24) is 0 Å². The summed E-state index contributed by atoms with van der Waals surface area (Å²) in [5.74, 6) is 0.889. The second-order valence-electron chi connectivity index (χ2n) is 11.6. The average molecular weight is 561 g/mol. The van der Waals surface area contributed by atoms with E-state index in [-0.39, 0.29) is 0 Å². The number of para-hydroxylation sites is 1. The average Bonchev–Trinajstić information content (AvgIpc) is 3.67. The molecule has 0 saturated carbocycles. The van der Waals surface area contributed by atoms with Gasteiger partial charge in [-0.2, -0.15) is 0 Å². The maximum absolute atomic E-state index is 6.66. The molecular formula is C42H24O2. The Morgan fingerprint density at radius 3 is 1.66 bits per heavy atom. The lowest BCUT2D eigenvalue weighted by molar-refractivity contribution is 0.633. The Morgan fingerprint density at radius 1 is 0.295 bits per heavy atom. The molecule has 0 aliphatic heterocycles. The highest BCUT2D eigenvalue weighted by Crippen LogP contribution is 2.47. The lowest BCUT2D eigenvalue weighted by Crippen LogP contribution is -1.91. The van der Waals surface area contributed by atoms with Gasteiger partial charge < -0.3 is 8.83 Å². The van der Waals surface area contributed by atoms with E-state index in [4.69, 9.17) is 8.83 Å². The Hall–Kier alpha value is -5.86. The number of rotatable bonds is 2. The Balaban J connectivity index is 1.32. The summed E-state index contributed by atoms with van der Waals surface area (Å²) in [5.41, 5.74) is 6.31. The molecule has 0 unspecified atom stereocenters. The van der Waals surface area contributed by atoms with E-state index in [0.717, 1.165) is 49.6 Å². The molecule has 0 saturated heterocycles. The van der Waals surface area contributed by atoms with E-state index in [1.807, 2.05) is 12.1 Å². The zero-order valence-corrected chi connectivity index (χ0v) is 23.7. The van der Waals surface area contributed by atoms with Crippen LogP contribution in [-0.4, -0.2) is 0 Å². The van der Waals surface area contributed by atoms with E-state index in [1.165, 1.54) is 48.8 Å². The molecule has 0 aliphatic rings. The molecule has 8 aromatic carbocycles. The summed E-state index contributed by atoms with van der Waals surface area (Å²) in [7, 11) is 0. The maximum atomic E-state index is 6.66. The summed E-state index contributed by atoms with van der Waals surface area (Å²) in [4.78, 5) is 0. The smallest absolute Gasteiger partial charge is 0.136 e. The SMILES string of the molecule is c1cc(-c2c3ccccc3c(-c3cc4c(ccc5ccccc54)o3)c3ccccc23)c2cc3c(cc2c1)oc1ccccc13. The quantitative estimate of drug-likeness (QED) is 0.197. The molecule has 2 heterocycles. The van der Waals surface area contributed by atoms with E-state index < -0.39 is 0 Å². The standard InChI is InChI=1S/C42H24O2/c1-2-12-27-25(10-1)20-21-38-36(27)24-40(44-38)42-31-16-5-3-14-29(31)41(30-15-4-6-17-32(30)42)33-18-9-11-26-22-39-35(23-34(26)33)28-13-7-8-19-37(28)43-39/h1-24H. The van der Waals surface area contributed by atoms with Gasteiger partial charge in [0.15, 0.2) is 0 Å². The largest absolute Gasteiger partial charge is 0.456 e. The van der Waals surface area contributed by atoms with Gasteiger partial charge in [-0.25, -0.2) is 0 Å². The van der Waals surface area contributed by atoms with Gasteiger partial charge in [-0.15, -0.1) is 0 Å². The van der Waals surface area contributed by atoms with E-state index in [1.54, 1.807) is 0 Å².